The maximum absolute atomic E-state index is 6.23. The molecule has 36 heavy (non-hydrogen) atoms. The smallest absolute Gasteiger partial charge is 0.535 e. The molecule has 0 aliphatic carbocycles. The third-order valence-electron chi connectivity index (χ3n) is 6.67. The molecule has 2 heterocycles. The van der Waals surface area contributed by atoms with Crippen molar-refractivity contribution in [2.75, 3.05) is 16.8 Å². The second kappa shape index (κ2) is 10.1. The molecule has 0 bridgehead atoms. The number of hydrogen-bond donors (Lipinski definition) is 0. The molecule has 0 radical (unpaired) electrons. The first-order valence-electron chi connectivity index (χ1n) is 11.9. The van der Waals surface area contributed by atoms with E-state index in [-0.39, 0.29) is 26.6 Å². The van der Waals surface area contributed by atoms with Crippen molar-refractivity contribution >= 4 is 25.3 Å². The van der Waals surface area contributed by atoms with Crippen LogP contribution in [0.15, 0.2) is 73.1 Å². The van der Waals surface area contributed by atoms with Gasteiger partial charge in [0.15, 0.2) is 0 Å². The van der Waals surface area contributed by atoms with Crippen molar-refractivity contribution in [3.63, 3.8) is 0 Å². The zero-order chi connectivity index (χ0) is 24.8. The number of fused-ring (bicyclic) bond motifs is 1. The standard InChI is InChI=1S/C29H32N4OSi.Pt/c1-29(2)27-15-7-8-16-28(27)33(21-30(29)3)24-12-10-14-26(20-24)34-25-13-9-11-23(19-25)31-17-18-32(22-31)35(4,5)6;/h7-18,21-22H,1-6H3;/q-4;+4. The van der Waals surface area contributed by atoms with E-state index in [0.717, 1.165) is 17.1 Å². The van der Waals surface area contributed by atoms with Gasteiger partial charge in [-0.1, -0.05) is 37.8 Å². The molecule has 5 rings (SSSR count). The fourth-order valence-corrected chi connectivity index (χ4v) is 5.24. The quantitative estimate of drug-likeness (QED) is 0.213. The molecule has 0 aromatic heterocycles. The number of ether oxygens (including phenoxy) is 1. The molecular weight excluding hydrogens is 644 g/mol. The van der Waals surface area contributed by atoms with Gasteiger partial charge in [0, 0.05) is 22.7 Å². The van der Waals surface area contributed by atoms with Crippen molar-refractivity contribution < 1.29 is 25.8 Å². The van der Waals surface area contributed by atoms with Gasteiger partial charge in [-0.05, 0) is 44.9 Å². The summed E-state index contributed by atoms with van der Waals surface area (Å²) in [6.07, 6.45) is 4.21. The van der Waals surface area contributed by atoms with Crippen LogP contribution in [0.5, 0.6) is 11.5 Å². The molecular formula is C29H32N4OPtSi. The SMILES string of the molecule is CN1[CH-]N(c2[c-]c(Oc3[c-]c(N4C=CN([Si](C)(C)C)[CH-]4)ccc3)ccc2)c2ccccc2C1(C)C.[Pt+4]. The molecule has 0 fully saturated rings. The van der Waals surface area contributed by atoms with Crippen LogP contribution in [0.25, 0.3) is 0 Å². The fraction of sp³-hybridized carbons (Fsp3) is 0.241. The van der Waals surface area contributed by atoms with Crippen LogP contribution in [0.2, 0.25) is 19.6 Å². The van der Waals surface area contributed by atoms with Gasteiger partial charge in [-0.25, -0.2) is 0 Å². The van der Waals surface area contributed by atoms with Gasteiger partial charge >= 0.3 is 21.1 Å². The van der Waals surface area contributed by atoms with E-state index >= 15 is 0 Å². The Morgan fingerprint density at radius 3 is 2.11 bits per heavy atom. The summed E-state index contributed by atoms with van der Waals surface area (Å²) < 4.78 is 8.54. The summed E-state index contributed by atoms with van der Waals surface area (Å²) in [4.78, 5) is 6.49. The molecule has 7 heteroatoms. The minimum absolute atomic E-state index is 0. The van der Waals surface area contributed by atoms with Crippen LogP contribution in [0, 0.1) is 25.5 Å². The Morgan fingerprint density at radius 1 is 0.806 bits per heavy atom. The van der Waals surface area contributed by atoms with Crippen LogP contribution in [0.1, 0.15) is 19.4 Å². The van der Waals surface area contributed by atoms with Crippen molar-refractivity contribution in [3.8, 4) is 11.5 Å². The number of nitrogens with zero attached hydrogens (tertiary/aromatic N) is 4. The molecule has 0 amide bonds. The predicted octanol–water partition coefficient (Wildman–Crippen LogP) is 7.06. The number of rotatable bonds is 5. The van der Waals surface area contributed by atoms with Crippen molar-refractivity contribution in [2.24, 2.45) is 0 Å². The van der Waals surface area contributed by atoms with Crippen molar-refractivity contribution in [1.29, 1.82) is 0 Å². The number of benzene rings is 3. The Kier molecular flexibility index (Phi) is 7.43. The predicted molar refractivity (Wildman–Crippen MR) is 145 cm³/mol. The molecule has 2 aliphatic rings. The fourth-order valence-electron chi connectivity index (χ4n) is 4.26. The first kappa shape index (κ1) is 26.5. The van der Waals surface area contributed by atoms with Crippen LogP contribution in [-0.2, 0) is 26.6 Å². The molecule has 0 spiro atoms. The molecule has 2 aliphatic heterocycles. The zero-order valence-electron chi connectivity index (χ0n) is 21.6. The van der Waals surface area contributed by atoms with Crippen molar-refractivity contribution in [1.82, 2.24) is 9.47 Å². The van der Waals surface area contributed by atoms with Gasteiger partial charge < -0.3 is 24.0 Å². The van der Waals surface area contributed by atoms with Gasteiger partial charge in [0.2, 0.25) is 0 Å². The zero-order valence-corrected chi connectivity index (χ0v) is 24.9. The minimum atomic E-state index is -1.45. The Bertz CT molecular complexity index is 1260. The summed E-state index contributed by atoms with van der Waals surface area (Å²) in [7, 11) is 0.661. The van der Waals surface area contributed by atoms with Gasteiger partial charge in [-0.2, -0.15) is 25.5 Å². The number of hydrogen-bond acceptors (Lipinski definition) is 5. The molecule has 0 saturated carbocycles. The third-order valence-corrected chi connectivity index (χ3v) is 8.48. The Hall–Kier alpha value is -2.53. The van der Waals surface area contributed by atoms with E-state index in [4.69, 9.17) is 4.74 Å². The average Bonchev–Trinajstić information content (AvgIpc) is 3.33. The molecule has 0 unspecified atom stereocenters. The largest absolute Gasteiger partial charge is 4.00 e. The maximum atomic E-state index is 6.23. The molecule has 3 aromatic rings. The summed E-state index contributed by atoms with van der Waals surface area (Å²) in [6.45, 7) is 15.7. The molecule has 5 nitrogen and oxygen atoms in total. The second-order valence-corrected chi connectivity index (χ2v) is 15.3. The number of anilines is 3. The van der Waals surface area contributed by atoms with Crippen LogP contribution in [0.3, 0.4) is 0 Å². The second-order valence-electron chi connectivity index (χ2n) is 10.5. The summed E-state index contributed by atoms with van der Waals surface area (Å²) in [5.41, 5.74) is 4.20. The van der Waals surface area contributed by atoms with E-state index in [1.54, 1.807) is 0 Å². The van der Waals surface area contributed by atoms with E-state index in [1.807, 2.05) is 30.3 Å². The van der Waals surface area contributed by atoms with E-state index < -0.39 is 8.24 Å². The summed E-state index contributed by atoms with van der Waals surface area (Å²) in [5, 5.41) is 0. The molecule has 0 saturated heterocycles. The van der Waals surface area contributed by atoms with E-state index in [2.05, 4.69) is 128 Å². The van der Waals surface area contributed by atoms with Gasteiger partial charge in [0.1, 0.15) is 8.24 Å². The van der Waals surface area contributed by atoms with E-state index in [9.17, 15) is 0 Å². The van der Waals surface area contributed by atoms with E-state index in [0.29, 0.717) is 11.5 Å². The number of para-hydroxylation sites is 1. The topological polar surface area (TPSA) is 22.2 Å². The molecule has 0 atom stereocenters. The van der Waals surface area contributed by atoms with Crippen LogP contribution in [0.4, 0.5) is 17.1 Å². The monoisotopic (exact) mass is 675 g/mol. The van der Waals surface area contributed by atoms with Gasteiger partial charge in [0.25, 0.3) is 0 Å². The van der Waals surface area contributed by atoms with E-state index in [1.165, 1.54) is 5.56 Å². The van der Waals surface area contributed by atoms with Gasteiger partial charge in [0.05, 0.1) is 0 Å². The van der Waals surface area contributed by atoms with Crippen molar-refractivity contribution in [2.45, 2.75) is 39.0 Å². The van der Waals surface area contributed by atoms with Gasteiger partial charge in [-0.3, -0.25) is 0 Å². The molecule has 188 valence electrons. The first-order chi connectivity index (χ1) is 16.6. The Morgan fingerprint density at radius 2 is 1.44 bits per heavy atom. The molecule has 0 N–H and O–H groups in total. The average molecular weight is 676 g/mol. The normalized spacial score (nSPS) is 17.1. The Labute approximate surface area is 231 Å². The first-order valence-corrected chi connectivity index (χ1v) is 15.4. The third kappa shape index (κ3) is 5.13. The van der Waals surface area contributed by atoms with Crippen LogP contribution < -0.4 is 14.5 Å². The summed E-state index contributed by atoms with van der Waals surface area (Å²) in [5.74, 6) is 1.31. The summed E-state index contributed by atoms with van der Waals surface area (Å²) >= 11 is 0. The van der Waals surface area contributed by atoms with Crippen LogP contribution in [-0.4, -0.2) is 24.7 Å². The van der Waals surface area contributed by atoms with Gasteiger partial charge in [-0.15, -0.1) is 47.8 Å². The maximum Gasteiger partial charge on any atom is 4.00 e. The summed E-state index contributed by atoms with van der Waals surface area (Å²) in [6, 6.07) is 27.3. The molecule has 3 aromatic carbocycles. The van der Waals surface area contributed by atoms with Crippen LogP contribution >= 0.6 is 0 Å². The van der Waals surface area contributed by atoms with Crippen molar-refractivity contribution in [3.05, 3.63) is 104 Å². The Balaban J connectivity index is 0.00000304. The minimum Gasteiger partial charge on any atom is -0.535 e.